The van der Waals surface area contributed by atoms with Gasteiger partial charge in [-0.3, -0.25) is 4.79 Å². The van der Waals surface area contributed by atoms with Crippen molar-refractivity contribution in [2.45, 2.75) is 19.6 Å². The number of aryl methyl sites for hydroxylation is 1. The van der Waals surface area contributed by atoms with Crippen LogP contribution in [0.5, 0.6) is 5.75 Å². The van der Waals surface area contributed by atoms with Crippen molar-refractivity contribution in [3.05, 3.63) is 82.1 Å². The van der Waals surface area contributed by atoms with Crippen molar-refractivity contribution >= 4 is 35.5 Å². The quantitative estimate of drug-likeness (QED) is 0.389. The predicted octanol–water partition coefficient (Wildman–Crippen LogP) is 5.14. The van der Waals surface area contributed by atoms with Crippen LogP contribution in [-0.4, -0.2) is 29.6 Å². The fourth-order valence-corrected chi connectivity index (χ4v) is 4.11. The third-order valence-electron chi connectivity index (χ3n) is 4.62. The lowest BCUT2D eigenvalue weighted by molar-refractivity contribution is -0.118. The van der Waals surface area contributed by atoms with Crippen molar-refractivity contribution in [1.82, 2.24) is 9.99 Å². The lowest BCUT2D eigenvalue weighted by atomic mass is 10.2. The Bertz CT molecular complexity index is 1050. The number of hydrogen-bond donors (Lipinski definition) is 1. The molecule has 3 aromatic rings. The number of carbonyl (C=O) groups is 1. The van der Waals surface area contributed by atoms with Crippen LogP contribution in [0, 0.1) is 13.8 Å². The molecule has 0 bridgehead atoms. The zero-order valence-corrected chi connectivity index (χ0v) is 18.8. The molecule has 30 heavy (non-hydrogen) atoms. The molecule has 7 heteroatoms. The first-order valence-corrected chi connectivity index (χ1v) is 11.0. The highest BCUT2D eigenvalue weighted by atomic mass is 35.5. The molecule has 0 atom stereocenters. The molecule has 0 radical (unpaired) electrons. The summed E-state index contributed by atoms with van der Waals surface area (Å²) < 4.78 is 7.23. The molecule has 1 amide bonds. The van der Waals surface area contributed by atoms with E-state index in [2.05, 4.69) is 15.1 Å². The van der Waals surface area contributed by atoms with Crippen molar-refractivity contribution in [3.63, 3.8) is 0 Å². The van der Waals surface area contributed by atoms with E-state index >= 15 is 0 Å². The van der Waals surface area contributed by atoms with Gasteiger partial charge in [-0.1, -0.05) is 35.9 Å². The van der Waals surface area contributed by atoms with E-state index in [1.165, 1.54) is 11.8 Å². The summed E-state index contributed by atoms with van der Waals surface area (Å²) in [4.78, 5) is 12.1. The molecule has 0 aliphatic carbocycles. The second-order valence-electron chi connectivity index (χ2n) is 6.75. The Morgan fingerprint density at radius 3 is 2.63 bits per heavy atom. The van der Waals surface area contributed by atoms with Crippen LogP contribution < -0.4 is 10.2 Å². The largest absolute Gasteiger partial charge is 0.497 e. The predicted molar refractivity (Wildman–Crippen MR) is 125 cm³/mol. The summed E-state index contributed by atoms with van der Waals surface area (Å²) in [5.74, 6) is 1.77. The lowest BCUT2D eigenvalue weighted by Crippen LogP contribution is -2.19. The minimum Gasteiger partial charge on any atom is -0.497 e. The Labute approximate surface area is 186 Å². The number of nitrogens with zero attached hydrogens (tertiary/aromatic N) is 2. The van der Waals surface area contributed by atoms with Crippen molar-refractivity contribution < 1.29 is 9.53 Å². The molecule has 0 saturated heterocycles. The average Bonchev–Trinajstić information content (AvgIpc) is 3.02. The first-order chi connectivity index (χ1) is 14.5. The van der Waals surface area contributed by atoms with Gasteiger partial charge in [-0.2, -0.15) is 5.10 Å². The van der Waals surface area contributed by atoms with Gasteiger partial charge >= 0.3 is 0 Å². The minimum atomic E-state index is -0.135. The molecule has 0 aliphatic rings. The molecule has 1 heterocycles. The number of amides is 1. The third-order valence-corrected chi connectivity index (χ3v) is 5.94. The number of hydrogen-bond acceptors (Lipinski definition) is 4. The molecule has 0 fully saturated rings. The Kier molecular flexibility index (Phi) is 7.60. The van der Waals surface area contributed by atoms with E-state index < -0.39 is 0 Å². The molecule has 1 N–H and O–H groups in total. The highest BCUT2D eigenvalue weighted by Gasteiger charge is 2.11. The number of rotatable bonds is 8. The van der Waals surface area contributed by atoms with E-state index in [4.69, 9.17) is 16.3 Å². The highest BCUT2D eigenvalue weighted by molar-refractivity contribution is 7.99. The maximum absolute atomic E-state index is 12.1. The second kappa shape index (κ2) is 10.4. The van der Waals surface area contributed by atoms with Gasteiger partial charge in [-0.05, 0) is 49.7 Å². The van der Waals surface area contributed by atoms with E-state index in [1.807, 2.05) is 68.4 Å². The maximum atomic E-state index is 12.1. The third kappa shape index (κ3) is 5.46. The fourth-order valence-electron chi connectivity index (χ4n) is 3.11. The zero-order chi connectivity index (χ0) is 21.5. The van der Waals surface area contributed by atoms with Gasteiger partial charge in [0.25, 0.3) is 0 Å². The molecule has 1 aromatic heterocycles. The Morgan fingerprint density at radius 1 is 1.20 bits per heavy atom. The van der Waals surface area contributed by atoms with Gasteiger partial charge in [0.05, 0.1) is 29.8 Å². The van der Waals surface area contributed by atoms with Crippen LogP contribution in [-0.2, 0) is 10.5 Å². The van der Waals surface area contributed by atoms with Gasteiger partial charge in [-0.25, -0.2) is 5.43 Å². The number of benzene rings is 2. The smallest absolute Gasteiger partial charge is 0.250 e. The molecule has 2 aromatic carbocycles. The average molecular weight is 442 g/mol. The number of aromatic nitrogens is 1. The molecular formula is C23H24ClN3O2S. The molecule has 0 saturated carbocycles. The van der Waals surface area contributed by atoms with Crippen LogP contribution in [0.25, 0.3) is 5.69 Å². The lowest BCUT2D eigenvalue weighted by Gasteiger charge is -2.11. The number of methoxy groups -OCH3 is 1. The van der Waals surface area contributed by atoms with Crippen LogP contribution in [0.4, 0.5) is 0 Å². The molecule has 0 unspecified atom stereocenters. The van der Waals surface area contributed by atoms with Crippen LogP contribution in [0.15, 0.2) is 59.7 Å². The SMILES string of the molecule is COc1ccc(CSCC(=O)N/N=C/c2cc(C)n(-c3ccccc3Cl)c2C)cc1. The first kappa shape index (κ1) is 22.0. The van der Waals surface area contributed by atoms with Crippen LogP contribution in [0.1, 0.15) is 22.5 Å². The Balaban J connectivity index is 1.54. The number of carbonyl (C=O) groups excluding carboxylic acids is 1. The van der Waals surface area contributed by atoms with Gasteiger partial charge in [0.15, 0.2) is 0 Å². The summed E-state index contributed by atoms with van der Waals surface area (Å²) in [6.45, 7) is 4.02. The Hall–Kier alpha value is -2.70. The molecule has 0 aliphatic heterocycles. The Morgan fingerprint density at radius 2 is 1.93 bits per heavy atom. The summed E-state index contributed by atoms with van der Waals surface area (Å²) in [7, 11) is 1.64. The van der Waals surface area contributed by atoms with Gasteiger partial charge < -0.3 is 9.30 Å². The molecule has 3 rings (SSSR count). The molecule has 0 spiro atoms. The standard InChI is InChI=1S/C23H24ClN3O2S/c1-16-12-19(17(2)27(16)22-7-5-4-6-21(22)24)13-25-26-23(28)15-30-14-18-8-10-20(29-3)11-9-18/h4-13H,14-15H2,1-3H3,(H,26,28)/b25-13+. The maximum Gasteiger partial charge on any atom is 0.250 e. The summed E-state index contributed by atoms with van der Waals surface area (Å²) in [6, 6.07) is 17.6. The fraction of sp³-hybridized carbons (Fsp3) is 0.217. The molecule has 156 valence electrons. The summed E-state index contributed by atoms with van der Waals surface area (Å²) in [5.41, 5.74) is 7.64. The summed E-state index contributed by atoms with van der Waals surface area (Å²) in [5, 5.41) is 4.81. The number of ether oxygens (including phenoxy) is 1. The van der Waals surface area contributed by atoms with Crippen LogP contribution >= 0.6 is 23.4 Å². The number of hydrazone groups is 1. The van der Waals surface area contributed by atoms with Gasteiger partial charge in [0.1, 0.15) is 5.75 Å². The molecule has 5 nitrogen and oxygen atoms in total. The highest BCUT2D eigenvalue weighted by Crippen LogP contribution is 2.25. The van der Waals surface area contributed by atoms with Crippen molar-refractivity contribution in [1.29, 1.82) is 0 Å². The van der Waals surface area contributed by atoms with E-state index in [1.54, 1.807) is 13.3 Å². The van der Waals surface area contributed by atoms with Gasteiger partial charge in [0.2, 0.25) is 5.91 Å². The topological polar surface area (TPSA) is 55.6 Å². The molecular weight excluding hydrogens is 418 g/mol. The van der Waals surface area contributed by atoms with Crippen molar-refractivity contribution in [3.8, 4) is 11.4 Å². The number of nitrogens with one attached hydrogen (secondary N) is 1. The van der Waals surface area contributed by atoms with E-state index in [0.29, 0.717) is 10.8 Å². The van der Waals surface area contributed by atoms with E-state index in [9.17, 15) is 4.79 Å². The van der Waals surface area contributed by atoms with Crippen LogP contribution in [0.2, 0.25) is 5.02 Å². The summed E-state index contributed by atoms with van der Waals surface area (Å²) >= 11 is 7.88. The number of halogens is 1. The van der Waals surface area contributed by atoms with Crippen molar-refractivity contribution in [2.75, 3.05) is 12.9 Å². The number of para-hydroxylation sites is 1. The zero-order valence-electron chi connectivity index (χ0n) is 17.2. The summed E-state index contributed by atoms with van der Waals surface area (Å²) in [6.07, 6.45) is 1.67. The van der Waals surface area contributed by atoms with Gasteiger partial charge in [-0.15, -0.1) is 11.8 Å². The van der Waals surface area contributed by atoms with Gasteiger partial charge in [0, 0.05) is 22.7 Å². The van der Waals surface area contributed by atoms with Crippen LogP contribution in [0.3, 0.4) is 0 Å². The van der Waals surface area contributed by atoms with E-state index in [0.717, 1.165) is 39.7 Å². The first-order valence-electron chi connectivity index (χ1n) is 9.46. The normalized spacial score (nSPS) is 11.1. The minimum absolute atomic E-state index is 0.135. The number of thioether (sulfide) groups is 1. The van der Waals surface area contributed by atoms with Crippen molar-refractivity contribution in [2.24, 2.45) is 5.10 Å². The second-order valence-corrected chi connectivity index (χ2v) is 8.14. The van der Waals surface area contributed by atoms with E-state index in [-0.39, 0.29) is 5.91 Å². The monoisotopic (exact) mass is 441 g/mol.